The summed E-state index contributed by atoms with van der Waals surface area (Å²) < 4.78 is 0. The Balaban J connectivity index is 3.95. The van der Waals surface area contributed by atoms with Crippen molar-refractivity contribution in [2.75, 3.05) is 0 Å². The molecular formula is C5H8N2O4. The first-order chi connectivity index (χ1) is 4.95. The summed E-state index contributed by atoms with van der Waals surface area (Å²) in [5.74, 6) is -3.47. The zero-order valence-electron chi connectivity index (χ0n) is 5.61. The van der Waals surface area contributed by atoms with Crippen LogP contribution in [0.3, 0.4) is 0 Å². The highest BCUT2D eigenvalue weighted by Gasteiger charge is 2.19. The number of carboxylic acids is 1. The molecule has 0 rings (SSSR count). The minimum Gasteiger partial charge on any atom is -0.480 e. The van der Waals surface area contributed by atoms with E-state index in [0.717, 1.165) is 0 Å². The number of amides is 1. The minimum atomic E-state index is -1.35. The molecule has 0 aromatic carbocycles. The number of rotatable bonds is 4. The Labute approximate surface area is 62.2 Å². The molecule has 0 aliphatic carbocycles. The topological polar surface area (TPSA) is 123 Å². The van der Waals surface area contributed by atoms with Crippen molar-refractivity contribution >= 4 is 17.7 Å². The zero-order valence-corrected chi connectivity index (χ0v) is 5.61. The Morgan fingerprint density at radius 3 is 2.09 bits per heavy atom. The van der Waals surface area contributed by atoms with Crippen LogP contribution in [-0.4, -0.2) is 28.8 Å². The molecule has 6 heteroatoms. The van der Waals surface area contributed by atoms with Crippen LogP contribution in [0.2, 0.25) is 0 Å². The van der Waals surface area contributed by atoms with Crippen molar-refractivity contribution < 1.29 is 19.5 Å². The van der Waals surface area contributed by atoms with E-state index in [0.29, 0.717) is 0 Å². The third-order valence-corrected chi connectivity index (χ3v) is 0.997. The van der Waals surface area contributed by atoms with E-state index < -0.39 is 30.1 Å². The maximum absolute atomic E-state index is 10.4. The average molecular weight is 160 g/mol. The number of primary amides is 1. The van der Waals surface area contributed by atoms with Crippen molar-refractivity contribution in [1.29, 1.82) is 0 Å². The third-order valence-electron chi connectivity index (χ3n) is 0.997. The summed E-state index contributed by atoms with van der Waals surface area (Å²) >= 11 is 0. The summed E-state index contributed by atoms with van der Waals surface area (Å²) in [4.78, 5) is 30.5. The lowest BCUT2D eigenvalue weighted by Gasteiger charge is -2.01. The second kappa shape index (κ2) is 3.67. The molecule has 0 aliphatic heterocycles. The molecule has 0 spiro atoms. The number of carbonyl (C=O) groups is 3. The van der Waals surface area contributed by atoms with E-state index in [-0.39, 0.29) is 0 Å². The van der Waals surface area contributed by atoms with Crippen LogP contribution in [0.1, 0.15) is 6.42 Å². The molecule has 1 atom stereocenters. The molecular weight excluding hydrogens is 152 g/mol. The van der Waals surface area contributed by atoms with Crippen LogP contribution in [0.15, 0.2) is 0 Å². The summed E-state index contributed by atoms with van der Waals surface area (Å²) in [5, 5.41) is 8.18. The quantitative estimate of drug-likeness (QED) is 0.404. The van der Waals surface area contributed by atoms with Gasteiger partial charge in [-0.2, -0.15) is 0 Å². The lowest BCUT2D eigenvalue weighted by molar-refractivity contribution is -0.142. The van der Waals surface area contributed by atoms with Crippen molar-refractivity contribution in [3.05, 3.63) is 0 Å². The number of ketones is 1. The Morgan fingerprint density at radius 2 is 1.82 bits per heavy atom. The van der Waals surface area contributed by atoms with Crippen LogP contribution in [0.25, 0.3) is 0 Å². The van der Waals surface area contributed by atoms with E-state index in [2.05, 4.69) is 5.73 Å². The normalized spacial score (nSPS) is 12.1. The fourth-order valence-electron chi connectivity index (χ4n) is 0.388. The summed E-state index contributed by atoms with van der Waals surface area (Å²) in [6.45, 7) is 0. The molecule has 0 bridgehead atoms. The van der Waals surface area contributed by atoms with Gasteiger partial charge in [0.1, 0.15) is 6.04 Å². The molecule has 0 radical (unpaired) electrons. The van der Waals surface area contributed by atoms with Gasteiger partial charge in [-0.05, 0) is 0 Å². The number of hydrogen-bond donors (Lipinski definition) is 3. The highest BCUT2D eigenvalue weighted by atomic mass is 16.4. The smallest absolute Gasteiger partial charge is 0.320 e. The van der Waals surface area contributed by atoms with Crippen LogP contribution < -0.4 is 11.5 Å². The van der Waals surface area contributed by atoms with E-state index in [1.807, 2.05) is 0 Å². The first-order valence-electron chi connectivity index (χ1n) is 2.76. The zero-order chi connectivity index (χ0) is 9.02. The average Bonchev–Trinajstić information content (AvgIpc) is 1.87. The van der Waals surface area contributed by atoms with Gasteiger partial charge in [0.05, 0.1) is 0 Å². The number of hydrogen-bond acceptors (Lipinski definition) is 4. The van der Waals surface area contributed by atoms with Gasteiger partial charge in [0.2, 0.25) is 5.78 Å². The van der Waals surface area contributed by atoms with Gasteiger partial charge < -0.3 is 16.6 Å². The third kappa shape index (κ3) is 3.31. The van der Waals surface area contributed by atoms with Crippen LogP contribution in [0.4, 0.5) is 0 Å². The number of carboxylic acid groups (broad SMARTS) is 1. The van der Waals surface area contributed by atoms with Crippen molar-refractivity contribution in [2.45, 2.75) is 12.5 Å². The van der Waals surface area contributed by atoms with Crippen molar-refractivity contribution in [1.82, 2.24) is 0 Å². The molecule has 11 heavy (non-hydrogen) atoms. The van der Waals surface area contributed by atoms with Crippen molar-refractivity contribution in [3.63, 3.8) is 0 Å². The molecule has 0 heterocycles. The molecule has 1 amide bonds. The van der Waals surface area contributed by atoms with E-state index in [1.165, 1.54) is 0 Å². The summed E-state index contributed by atoms with van der Waals surface area (Å²) in [5.41, 5.74) is 9.47. The van der Waals surface area contributed by atoms with Gasteiger partial charge >= 0.3 is 5.97 Å². The molecule has 0 fully saturated rings. The Kier molecular flexibility index (Phi) is 3.19. The van der Waals surface area contributed by atoms with Gasteiger partial charge in [-0.3, -0.25) is 14.4 Å². The Hall–Kier alpha value is -1.43. The van der Waals surface area contributed by atoms with Crippen LogP contribution in [-0.2, 0) is 14.4 Å². The SMILES string of the molecule is NC(=O)C(=O)CC(N)C(=O)O. The molecule has 5 N–H and O–H groups in total. The molecule has 1 unspecified atom stereocenters. The molecule has 6 nitrogen and oxygen atoms in total. The first-order valence-corrected chi connectivity index (χ1v) is 2.76. The van der Waals surface area contributed by atoms with Gasteiger partial charge in [-0.1, -0.05) is 0 Å². The number of nitrogens with two attached hydrogens (primary N) is 2. The Morgan fingerprint density at radius 1 is 1.36 bits per heavy atom. The van der Waals surface area contributed by atoms with Gasteiger partial charge in [0.15, 0.2) is 0 Å². The first kappa shape index (κ1) is 9.57. The summed E-state index contributed by atoms with van der Waals surface area (Å²) in [6, 6.07) is -1.35. The highest BCUT2D eigenvalue weighted by Crippen LogP contribution is 1.88. The maximum Gasteiger partial charge on any atom is 0.320 e. The molecule has 0 saturated heterocycles. The minimum absolute atomic E-state index is 0.551. The molecule has 0 aromatic heterocycles. The number of carbonyl (C=O) groups excluding carboxylic acids is 2. The second-order valence-electron chi connectivity index (χ2n) is 1.94. The predicted octanol–water partition coefficient (Wildman–Crippen LogP) is -2.16. The number of aliphatic carboxylic acids is 1. The van der Waals surface area contributed by atoms with Crippen LogP contribution in [0, 0.1) is 0 Å². The maximum atomic E-state index is 10.4. The van der Waals surface area contributed by atoms with Gasteiger partial charge in [-0.25, -0.2) is 0 Å². The lowest BCUT2D eigenvalue weighted by Crippen LogP contribution is -2.36. The second-order valence-corrected chi connectivity index (χ2v) is 1.94. The molecule has 0 saturated carbocycles. The van der Waals surface area contributed by atoms with Gasteiger partial charge in [-0.15, -0.1) is 0 Å². The number of Topliss-reactive ketones (excluding diaryl/α,β-unsaturated/α-hetero) is 1. The van der Waals surface area contributed by atoms with Gasteiger partial charge in [0.25, 0.3) is 5.91 Å². The Bertz CT molecular complexity index is 201. The van der Waals surface area contributed by atoms with E-state index in [4.69, 9.17) is 10.8 Å². The van der Waals surface area contributed by atoms with E-state index in [1.54, 1.807) is 0 Å². The largest absolute Gasteiger partial charge is 0.480 e. The fourth-order valence-corrected chi connectivity index (χ4v) is 0.388. The van der Waals surface area contributed by atoms with Crippen LogP contribution >= 0.6 is 0 Å². The van der Waals surface area contributed by atoms with Crippen molar-refractivity contribution in [2.24, 2.45) is 11.5 Å². The summed E-state index contributed by atoms with van der Waals surface area (Å²) in [6.07, 6.45) is -0.551. The fraction of sp³-hybridized carbons (Fsp3) is 0.400. The monoisotopic (exact) mass is 160 g/mol. The molecule has 62 valence electrons. The predicted molar refractivity (Wildman–Crippen MR) is 34.4 cm³/mol. The molecule has 0 aromatic rings. The van der Waals surface area contributed by atoms with E-state index >= 15 is 0 Å². The van der Waals surface area contributed by atoms with Gasteiger partial charge in [0, 0.05) is 6.42 Å². The van der Waals surface area contributed by atoms with Crippen LogP contribution in [0.5, 0.6) is 0 Å². The lowest BCUT2D eigenvalue weighted by atomic mass is 10.1. The highest BCUT2D eigenvalue weighted by molar-refractivity contribution is 6.35. The van der Waals surface area contributed by atoms with Crippen molar-refractivity contribution in [3.8, 4) is 0 Å². The molecule has 0 aliphatic rings. The standard InChI is InChI=1S/C5H8N2O4/c6-2(5(10)11)1-3(8)4(7)9/h2H,1,6H2,(H2,7,9)(H,10,11). The summed E-state index contributed by atoms with van der Waals surface area (Å²) in [7, 11) is 0. The van der Waals surface area contributed by atoms with E-state index in [9.17, 15) is 14.4 Å².